The summed E-state index contributed by atoms with van der Waals surface area (Å²) in [5.74, 6) is 0.412. The molecule has 0 saturated carbocycles. The molecular weight excluding hydrogens is 390 g/mol. The van der Waals surface area contributed by atoms with Crippen molar-refractivity contribution in [2.24, 2.45) is 4.99 Å². The maximum atomic E-state index is 12.6. The summed E-state index contributed by atoms with van der Waals surface area (Å²) in [5.41, 5.74) is 1.42. The van der Waals surface area contributed by atoms with Crippen LogP contribution in [0.25, 0.3) is 0 Å². The summed E-state index contributed by atoms with van der Waals surface area (Å²) >= 11 is 0. The molecule has 0 spiro atoms. The highest BCUT2D eigenvalue weighted by Gasteiger charge is 2.18. The Bertz CT molecular complexity index is 738. The van der Waals surface area contributed by atoms with E-state index in [1.807, 2.05) is 13.8 Å². The molecule has 0 bridgehead atoms. The Hall–Kier alpha value is -1.94. The van der Waals surface area contributed by atoms with Crippen LogP contribution in [-0.4, -0.2) is 57.2 Å². The molecule has 0 fully saturated rings. The van der Waals surface area contributed by atoms with Gasteiger partial charge in [0.2, 0.25) is 10.0 Å². The molecular formula is C18H30F2N4O3S. The maximum Gasteiger partial charge on any atom is 0.387 e. The molecule has 0 heterocycles. The minimum atomic E-state index is -3.34. The highest BCUT2D eigenvalue weighted by Crippen LogP contribution is 2.22. The van der Waals surface area contributed by atoms with E-state index in [9.17, 15) is 17.2 Å². The smallest absolute Gasteiger partial charge is 0.387 e. The van der Waals surface area contributed by atoms with E-state index < -0.39 is 16.6 Å². The molecule has 0 aliphatic carbocycles. The SMILES string of the molecule is CCNC(=NCc1cc(C)ccc1OC(F)F)NCCS(=O)(=O)N(CC)CC. The molecule has 0 atom stereocenters. The Balaban J connectivity index is 2.81. The number of halogens is 2. The Morgan fingerprint density at radius 3 is 2.46 bits per heavy atom. The lowest BCUT2D eigenvalue weighted by atomic mass is 10.1. The topological polar surface area (TPSA) is 83.0 Å². The fourth-order valence-electron chi connectivity index (χ4n) is 2.59. The Morgan fingerprint density at radius 1 is 1.21 bits per heavy atom. The molecule has 1 aromatic rings. The molecule has 0 saturated heterocycles. The lowest BCUT2D eigenvalue weighted by Crippen LogP contribution is -2.42. The highest BCUT2D eigenvalue weighted by atomic mass is 32.2. The van der Waals surface area contributed by atoms with Gasteiger partial charge in [0.05, 0.1) is 12.3 Å². The first-order valence-corrected chi connectivity index (χ1v) is 10.9. The molecule has 160 valence electrons. The number of rotatable bonds is 11. The predicted octanol–water partition coefficient (Wildman–Crippen LogP) is 2.32. The van der Waals surface area contributed by atoms with Gasteiger partial charge in [-0.05, 0) is 19.9 Å². The van der Waals surface area contributed by atoms with E-state index in [1.165, 1.54) is 10.4 Å². The molecule has 0 aromatic heterocycles. The van der Waals surface area contributed by atoms with E-state index in [1.54, 1.807) is 26.0 Å². The van der Waals surface area contributed by atoms with Crippen molar-refractivity contribution in [2.45, 2.75) is 40.9 Å². The average molecular weight is 421 g/mol. The minimum Gasteiger partial charge on any atom is -0.434 e. The second-order valence-corrected chi connectivity index (χ2v) is 8.10. The number of alkyl halides is 2. The van der Waals surface area contributed by atoms with Crippen molar-refractivity contribution in [3.8, 4) is 5.75 Å². The summed E-state index contributed by atoms with van der Waals surface area (Å²) in [6.07, 6.45) is 0. The number of hydrogen-bond donors (Lipinski definition) is 2. The van der Waals surface area contributed by atoms with Gasteiger partial charge in [0.1, 0.15) is 5.75 Å². The van der Waals surface area contributed by atoms with E-state index in [4.69, 9.17) is 0 Å². The van der Waals surface area contributed by atoms with Crippen LogP contribution in [0.2, 0.25) is 0 Å². The molecule has 1 aromatic carbocycles. The van der Waals surface area contributed by atoms with Crippen molar-refractivity contribution in [3.63, 3.8) is 0 Å². The van der Waals surface area contributed by atoms with Gasteiger partial charge in [0, 0.05) is 31.7 Å². The van der Waals surface area contributed by atoms with E-state index in [0.717, 1.165) is 5.56 Å². The van der Waals surface area contributed by atoms with E-state index in [2.05, 4.69) is 20.4 Å². The quantitative estimate of drug-likeness (QED) is 0.424. The van der Waals surface area contributed by atoms with Gasteiger partial charge in [-0.3, -0.25) is 0 Å². The average Bonchev–Trinajstić information content (AvgIpc) is 2.62. The molecule has 0 aliphatic rings. The fourth-order valence-corrected chi connectivity index (χ4v) is 4.00. The van der Waals surface area contributed by atoms with Gasteiger partial charge >= 0.3 is 6.61 Å². The molecule has 0 unspecified atom stereocenters. The number of nitrogens with one attached hydrogen (secondary N) is 2. The molecule has 7 nitrogen and oxygen atoms in total. The van der Waals surface area contributed by atoms with E-state index in [0.29, 0.717) is 31.2 Å². The van der Waals surface area contributed by atoms with Crippen LogP contribution in [0.15, 0.2) is 23.2 Å². The van der Waals surface area contributed by atoms with Crippen molar-refractivity contribution < 1.29 is 21.9 Å². The van der Waals surface area contributed by atoms with Crippen molar-refractivity contribution >= 4 is 16.0 Å². The molecule has 10 heteroatoms. The van der Waals surface area contributed by atoms with Crippen LogP contribution >= 0.6 is 0 Å². The van der Waals surface area contributed by atoms with Crippen molar-refractivity contribution in [2.75, 3.05) is 31.9 Å². The highest BCUT2D eigenvalue weighted by molar-refractivity contribution is 7.89. The first-order chi connectivity index (χ1) is 13.2. The van der Waals surface area contributed by atoms with Crippen LogP contribution in [-0.2, 0) is 16.6 Å². The number of aryl methyl sites for hydroxylation is 1. The summed E-state index contributed by atoms with van der Waals surface area (Å²) in [7, 11) is -3.34. The summed E-state index contributed by atoms with van der Waals surface area (Å²) < 4.78 is 55.6. The van der Waals surface area contributed by atoms with Crippen molar-refractivity contribution in [1.82, 2.24) is 14.9 Å². The van der Waals surface area contributed by atoms with Gasteiger partial charge in [-0.2, -0.15) is 8.78 Å². The van der Waals surface area contributed by atoms with Gasteiger partial charge in [-0.25, -0.2) is 17.7 Å². The van der Waals surface area contributed by atoms with Gasteiger partial charge in [-0.1, -0.05) is 31.5 Å². The number of nitrogens with zero attached hydrogens (tertiary/aromatic N) is 2. The number of guanidine groups is 1. The van der Waals surface area contributed by atoms with Gasteiger partial charge in [0.15, 0.2) is 5.96 Å². The zero-order chi connectivity index (χ0) is 21.2. The predicted molar refractivity (Wildman–Crippen MR) is 107 cm³/mol. The van der Waals surface area contributed by atoms with Crippen LogP contribution in [0, 0.1) is 6.92 Å². The summed E-state index contributed by atoms with van der Waals surface area (Å²) in [5, 5.41) is 5.98. The zero-order valence-electron chi connectivity index (χ0n) is 16.8. The monoisotopic (exact) mass is 420 g/mol. The number of ether oxygens (including phenoxy) is 1. The van der Waals surface area contributed by atoms with E-state index >= 15 is 0 Å². The van der Waals surface area contributed by atoms with Crippen molar-refractivity contribution in [3.05, 3.63) is 29.3 Å². The molecule has 0 amide bonds. The number of sulfonamides is 1. The molecule has 2 N–H and O–H groups in total. The third-order valence-electron chi connectivity index (χ3n) is 3.94. The molecule has 28 heavy (non-hydrogen) atoms. The normalized spacial score (nSPS) is 12.5. The number of benzene rings is 1. The van der Waals surface area contributed by atoms with Crippen LogP contribution in [0.1, 0.15) is 31.9 Å². The standard InChI is InChI=1S/C18H30F2N4O3S/c1-5-21-18(22-10-11-28(25,26)24(6-2)7-3)23-13-15-12-14(4)8-9-16(15)27-17(19)20/h8-9,12,17H,5-7,10-11,13H2,1-4H3,(H2,21,22,23). The lowest BCUT2D eigenvalue weighted by Gasteiger charge is -2.19. The number of aliphatic imine (C=N–C) groups is 1. The van der Waals surface area contributed by atoms with Gasteiger partial charge in [-0.15, -0.1) is 0 Å². The number of hydrogen-bond acceptors (Lipinski definition) is 4. The first-order valence-electron chi connectivity index (χ1n) is 9.27. The third kappa shape index (κ3) is 7.97. The van der Waals surface area contributed by atoms with Gasteiger partial charge in [0.25, 0.3) is 0 Å². The maximum absolute atomic E-state index is 12.6. The molecule has 1 rings (SSSR count). The summed E-state index contributed by atoms with van der Waals surface area (Å²) in [6, 6.07) is 4.91. The minimum absolute atomic E-state index is 0.0662. The lowest BCUT2D eigenvalue weighted by molar-refractivity contribution is -0.0504. The second kappa shape index (κ2) is 11.8. The van der Waals surface area contributed by atoms with Gasteiger partial charge < -0.3 is 15.4 Å². The fraction of sp³-hybridized carbons (Fsp3) is 0.611. The van der Waals surface area contributed by atoms with Crippen LogP contribution in [0.4, 0.5) is 8.78 Å². The van der Waals surface area contributed by atoms with Crippen molar-refractivity contribution in [1.29, 1.82) is 0 Å². The van der Waals surface area contributed by atoms with E-state index in [-0.39, 0.29) is 24.6 Å². The third-order valence-corrected chi connectivity index (χ3v) is 5.96. The Labute approximate surface area is 166 Å². The summed E-state index contributed by atoms with van der Waals surface area (Å²) in [4.78, 5) is 4.36. The van der Waals surface area contributed by atoms with Crippen LogP contribution < -0.4 is 15.4 Å². The Kier molecular flexibility index (Phi) is 10.2. The second-order valence-electron chi connectivity index (χ2n) is 6.01. The molecule has 0 radical (unpaired) electrons. The van der Waals surface area contributed by atoms with Crippen LogP contribution in [0.5, 0.6) is 5.75 Å². The molecule has 0 aliphatic heterocycles. The summed E-state index contributed by atoms with van der Waals surface area (Å²) in [6.45, 7) is 6.11. The largest absolute Gasteiger partial charge is 0.434 e. The first kappa shape index (κ1) is 24.1. The Morgan fingerprint density at radius 2 is 1.89 bits per heavy atom. The zero-order valence-corrected chi connectivity index (χ0v) is 17.7. The van der Waals surface area contributed by atoms with Crippen LogP contribution in [0.3, 0.4) is 0 Å².